The third-order valence-electron chi connectivity index (χ3n) is 2.36. The van der Waals surface area contributed by atoms with Crippen LogP contribution >= 0.6 is 27.3 Å². The number of halogens is 1. The number of thiazole rings is 1. The summed E-state index contributed by atoms with van der Waals surface area (Å²) in [6, 6.07) is 0. The summed E-state index contributed by atoms with van der Waals surface area (Å²) in [5.74, 6) is 0. The molecule has 2 rings (SSSR count). The second-order valence-corrected chi connectivity index (χ2v) is 5.70. The molecule has 0 aromatic carbocycles. The van der Waals surface area contributed by atoms with Gasteiger partial charge >= 0.3 is 0 Å². The quantitative estimate of drug-likeness (QED) is 0.771. The highest BCUT2D eigenvalue weighted by atomic mass is 79.9. The number of piperidine rings is 1. The van der Waals surface area contributed by atoms with Crippen LogP contribution in [0.4, 0.5) is 5.13 Å². The standard InChI is InChI=1S/C9H13BrN2S/c1-7-8(10)13-9(11-7)12-5-3-2-4-6-12/h2-6H2,1H3. The van der Waals surface area contributed by atoms with E-state index in [1.807, 2.05) is 6.92 Å². The van der Waals surface area contributed by atoms with Crippen LogP contribution in [-0.2, 0) is 0 Å². The number of hydrogen-bond donors (Lipinski definition) is 0. The van der Waals surface area contributed by atoms with E-state index in [1.165, 1.54) is 41.3 Å². The molecule has 0 saturated carbocycles. The van der Waals surface area contributed by atoms with E-state index in [-0.39, 0.29) is 0 Å². The summed E-state index contributed by atoms with van der Waals surface area (Å²) in [6.07, 6.45) is 4.01. The van der Waals surface area contributed by atoms with Crippen molar-refractivity contribution in [3.8, 4) is 0 Å². The average Bonchev–Trinajstić information content (AvgIpc) is 2.49. The second-order valence-electron chi connectivity index (χ2n) is 3.40. The van der Waals surface area contributed by atoms with Crippen LogP contribution in [0.1, 0.15) is 25.0 Å². The maximum atomic E-state index is 4.53. The maximum Gasteiger partial charge on any atom is 0.186 e. The number of aryl methyl sites for hydroxylation is 1. The summed E-state index contributed by atoms with van der Waals surface area (Å²) >= 11 is 5.26. The van der Waals surface area contributed by atoms with Crippen LogP contribution in [0, 0.1) is 6.92 Å². The number of nitrogens with zero attached hydrogens (tertiary/aromatic N) is 2. The van der Waals surface area contributed by atoms with Crippen molar-refractivity contribution < 1.29 is 0 Å². The Morgan fingerprint density at radius 2 is 2.00 bits per heavy atom. The van der Waals surface area contributed by atoms with Crippen molar-refractivity contribution in [1.82, 2.24) is 4.98 Å². The van der Waals surface area contributed by atoms with Crippen molar-refractivity contribution in [2.75, 3.05) is 18.0 Å². The first-order valence-corrected chi connectivity index (χ1v) is 6.26. The van der Waals surface area contributed by atoms with Crippen LogP contribution in [-0.4, -0.2) is 18.1 Å². The van der Waals surface area contributed by atoms with Crippen LogP contribution in [0.3, 0.4) is 0 Å². The zero-order chi connectivity index (χ0) is 9.26. The van der Waals surface area contributed by atoms with Gasteiger partial charge < -0.3 is 4.90 Å². The number of rotatable bonds is 1. The molecule has 72 valence electrons. The average molecular weight is 261 g/mol. The summed E-state index contributed by atoms with van der Waals surface area (Å²) in [4.78, 5) is 6.93. The Morgan fingerprint density at radius 1 is 1.31 bits per heavy atom. The summed E-state index contributed by atoms with van der Waals surface area (Å²) in [5.41, 5.74) is 1.12. The van der Waals surface area contributed by atoms with E-state index in [1.54, 1.807) is 11.3 Å². The molecule has 0 unspecified atom stereocenters. The first-order chi connectivity index (χ1) is 6.27. The Hall–Kier alpha value is -0.0900. The fourth-order valence-corrected chi connectivity index (χ4v) is 2.96. The summed E-state index contributed by atoms with van der Waals surface area (Å²) in [5, 5.41) is 1.18. The predicted octanol–water partition coefficient (Wildman–Crippen LogP) is 3.20. The van der Waals surface area contributed by atoms with Gasteiger partial charge in [-0.25, -0.2) is 4.98 Å². The van der Waals surface area contributed by atoms with Gasteiger partial charge in [0.15, 0.2) is 5.13 Å². The maximum absolute atomic E-state index is 4.53. The third kappa shape index (κ3) is 2.05. The van der Waals surface area contributed by atoms with E-state index in [9.17, 15) is 0 Å². The molecule has 1 aliphatic rings. The summed E-state index contributed by atoms with van der Waals surface area (Å²) in [7, 11) is 0. The Morgan fingerprint density at radius 3 is 2.54 bits per heavy atom. The van der Waals surface area contributed by atoms with Crippen molar-refractivity contribution in [2.24, 2.45) is 0 Å². The van der Waals surface area contributed by atoms with E-state index >= 15 is 0 Å². The van der Waals surface area contributed by atoms with Crippen molar-refractivity contribution >= 4 is 32.4 Å². The monoisotopic (exact) mass is 260 g/mol. The van der Waals surface area contributed by atoms with Crippen LogP contribution in [0.25, 0.3) is 0 Å². The minimum atomic E-state index is 1.12. The van der Waals surface area contributed by atoms with Gasteiger partial charge in [0, 0.05) is 13.1 Å². The highest BCUT2D eigenvalue weighted by Crippen LogP contribution is 2.31. The molecule has 0 aliphatic carbocycles. The summed E-state index contributed by atoms with van der Waals surface area (Å²) in [6.45, 7) is 4.41. The van der Waals surface area contributed by atoms with E-state index in [0.717, 1.165) is 5.69 Å². The lowest BCUT2D eigenvalue weighted by Gasteiger charge is -2.25. The van der Waals surface area contributed by atoms with Gasteiger partial charge in [0.1, 0.15) is 0 Å². The molecule has 0 amide bonds. The van der Waals surface area contributed by atoms with E-state index in [4.69, 9.17) is 0 Å². The predicted molar refractivity (Wildman–Crippen MR) is 60.6 cm³/mol. The van der Waals surface area contributed by atoms with Gasteiger partial charge in [-0.15, -0.1) is 0 Å². The van der Waals surface area contributed by atoms with Crippen LogP contribution in [0.15, 0.2) is 3.79 Å². The topological polar surface area (TPSA) is 16.1 Å². The first kappa shape index (κ1) is 9.46. The number of aromatic nitrogens is 1. The molecule has 1 aromatic heterocycles. The second kappa shape index (κ2) is 3.96. The first-order valence-electron chi connectivity index (χ1n) is 4.65. The molecular formula is C9H13BrN2S. The molecule has 0 atom stereocenters. The minimum Gasteiger partial charge on any atom is -0.348 e. The molecule has 1 aliphatic heterocycles. The Balaban J connectivity index is 2.14. The van der Waals surface area contributed by atoms with Crippen molar-refractivity contribution in [2.45, 2.75) is 26.2 Å². The highest BCUT2D eigenvalue weighted by Gasteiger charge is 2.15. The molecule has 0 spiro atoms. The van der Waals surface area contributed by atoms with Gasteiger partial charge in [-0.3, -0.25) is 0 Å². The van der Waals surface area contributed by atoms with Gasteiger partial charge in [0.25, 0.3) is 0 Å². The molecule has 0 bridgehead atoms. The fourth-order valence-electron chi connectivity index (χ4n) is 1.58. The normalized spacial score (nSPS) is 17.8. The molecule has 1 fully saturated rings. The van der Waals surface area contributed by atoms with Crippen LogP contribution in [0.2, 0.25) is 0 Å². The summed E-state index contributed by atoms with van der Waals surface area (Å²) < 4.78 is 1.17. The zero-order valence-corrected chi connectivity index (χ0v) is 10.1. The fraction of sp³-hybridized carbons (Fsp3) is 0.667. The number of hydrogen-bond acceptors (Lipinski definition) is 3. The molecule has 1 saturated heterocycles. The van der Waals surface area contributed by atoms with E-state index < -0.39 is 0 Å². The van der Waals surface area contributed by atoms with Gasteiger partial charge in [0.05, 0.1) is 9.48 Å². The lowest BCUT2D eigenvalue weighted by molar-refractivity contribution is 0.576. The molecule has 2 nitrogen and oxygen atoms in total. The molecule has 0 N–H and O–H groups in total. The van der Waals surface area contributed by atoms with Crippen molar-refractivity contribution in [3.63, 3.8) is 0 Å². The minimum absolute atomic E-state index is 1.12. The molecule has 0 radical (unpaired) electrons. The van der Waals surface area contributed by atoms with Crippen LogP contribution in [0.5, 0.6) is 0 Å². The lowest BCUT2D eigenvalue weighted by atomic mass is 10.1. The van der Waals surface area contributed by atoms with Gasteiger partial charge in [0.2, 0.25) is 0 Å². The van der Waals surface area contributed by atoms with Crippen molar-refractivity contribution in [1.29, 1.82) is 0 Å². The molecule has 1 aromatic rings. The Labute approximate surface area is 91.1 Å². The Kier molecular flexibility index (Phi) is 2.89. The molecule has 2 heterocycles. The van der Waals surface area contributed by atoms with Gasteiger partial charge in [-0.1, -0.05) is 11.3 Å². The van der Waals surface area contributed by atoms with E-state index in [2.05, 4.69) is 25.8 Å². The van der Waals surface area contributed by atoms with Crippen molar-refractivity contribution in [3.05, 3.63) is 9.48 Å². The highest BCUT2D eigenvalue weighted by molar-refractivity contribution is 9.11. The lowest BCUT2D eigenvalue weighted by Crippen LogP contribution is -2.29. The number of anilines is 1. The van der Waals surface area contributed by atoms with E-state index in [0.29, 0.717) is 0 Å². The molecule has 4 heteroatoms. The smallest absolute Gasteiger partial charge is 0.186 e. The largest absolute Gasteiger partial charge is 0.348 e. The van der Waals surface area contributed by atoms with Gasteiger partial charge in [-0.05, 0) is 42.1 Å². The molecular weight excluding hydrogens is 248 g/mol. The van der Waals surface area contributed by atoms with Gasteiger partial charge in [-0.2, -0.15) is 0 Å². The Bertz CT molecular complexity index is 272. The zero-order valence-electron chi connectivity index (χ0n) is 7.72. The molecule has 13 heavy (non-hydrogen) atoms. The SMILES string of the molecule is Cc1nc(N2CCCCC2)sc1Br. The van der Waals surface area contributed by atoms with Crippen LogP contribution < -0.4 is 4.90 Å². The third-order valence-corrected chi connectivity index (χ3v) is 4.42.